The van der Waals surface area contributed by atoms with E-state index in [2.05, 4.69) is 75.3 Å². The summed E-state index contributed by atoms with van der Waals surface area (Å²) >= 11 is 0. The van der Waals surface area contributed by atoms with Crippen LogP contribution in [0.2, 0.25) is 0 Å². The number of hydrogen-bond acceptors (Lipinski definition) is 1. The van der Waals surface area contributed by atoms with Crippen LogP contribution in [0.4, 0.5) is 0 Å². The second kappa shape index (κ2) is 8.60. The molecule has 0 aromatic carbocycles. The van der Waals surface area contributed by atoms with Crippen LogP contribution in [0, 0.1) is 56.2 Å². The lowest BCUT2D eigenvalue weighted by molar-refractivity contribution is -0.231. The summed E-state index contributed by atoms with van der Waals surface area (Å²) in [5, 5.41) is 0. The molecule has 0 aromatic rings. The molecule has 36 heavy (non-hydrogen) atoms. The first-order valence-electron chi connectivity index (χ1n) is 15.9. The first kappa shape index (κ1) is 27.3. The Bertz CT molecular complexity index is 879. The third kappa shape index (κ3) is 3.85. The summed E-state index contributed by atoms with van der Waals surface area (Å²) in [5.41, 5.74) is 4.44. The quantitative estimate of drug-likeness (QED) is 0.352. The first-order valence-corrected chi connectivity index (χ1v) is 15.9. The Morgan fingerprint density at radius 2 is 1.44 bits per heavy atom. The molecule has 1 nitrogen and oxygen atoms in total. The largest absolute Gasteiger partial charge is 0.377 e. The SMILES string of the molecule is CC(C)CCO[C@@H]1CC[C@@H]2C(=CC[C@H]3[C@@]2(C)CC[C@@]2(C)[C@@H]4CC(C)(C)CC[C@]4(C)CC[C@]32C)C1(C)C. The van der Waals surface area contributed by atoms with E-state index in [4.69, 9.17) is 4.74 Å². The molecule has 0 bridgehead atoms. The summed E-state index contributed by atoms with van der Waals surface area (Å²) in [4.78, 5) is 0. The highest BCUT2D eigenvalue weighted by atomic mass is 16.5. The Kier molecular flexibility index (Phi) is 6.51. The monoisotopic (exact) mass is 496 g/mol. The van der Waals surface area contributed by atoms with Crippen LogP contribution in [0.3, 0.4) is 0 Å². The zero-order valence-electron chi connectivity index (χ0n) is 25.9. The van der Waals surface area contributed by atoms with Gasteiger partial charge in [0.1, 0.15) is 0 Å². The Morgan fingerprint density at radius 3 is 2.14 bits per heavy atom. The molecule has 0 unspecified atom stereocenters. The molecule has 4 saturated carbocycles. The van der Waals surface area contributed by atoms with Crippen molar-refractivity contribution in [2.75, 3.05) is 6.61 Å². The van der Waals surface area contributed by atoms with Crippen molar-refractivity contribution in [3.63, 3.8) is 0 Å². The fourth-order valence-electron chi connectivity index (χ4n) is 11.2. The van der Waals surface area contributed by atoms with Crippen molar-refractivity contribution in [2.45, 2.75) is 146 Å². The molecule has 0 radical (unpaired) electrons. The number of ether oxygens (including phenoxy) is 1. The molecule has 0 N–H and O–H groups in total. The zero-order chi connectivity index (χ0) is 26.4. The molecule has 0 heterocycles. The van der Waals surface area contributed by atoms with Gasteiger partial charge in [0.25, 0.3) is 0 Å². The van der Waals surface area contributed by atoms with Crippen LogP contribution >= 0.6 is 0 Å². The van der Waals surface area contributed by atoms with Gasteiger partial charge in [0.15, 0.2) is 0 Å². The molecule has 1 heteroatoms. The second-order valence-electron chi connectivity index (χ2n) is 17.3. The molecular formula is C35H60O. The van der Waals surface area contributed by atoms with E-state index in [0.29, 0.717) is 33.2 Å². The molecular weight excluding hydrogens is 436 g/mol. The maximum atomic E-state index is 6.60. The van der Waals surface area contributed by atoms with E-state index < -0.39 is 0 Å². The fraction of sp³-hybridized carbons (Fsp3) is 0.943. The molecule has 0 amide bonds. The van der Waals surface area contributed by atoms with Crippen LogP contribution in [-0.2, 0) is 4.74 Å². The summed E-state index contributed by atoms with van der Waals surface area (Å²) in [6, 6.07) is 0. The van der Waals surface area contributed by atoms with Gasteiger partial charge in [-0.2, -0.15) is 0 Å². The van der Waals surface area contributed by atoms with Crippen molar-refractivity contribution in [1.82, 2.24) is 0 Å². The van der Waals surface area contributed by atoms with Crippen molar-refractivity contribution in [2.24, 2.45) is 56.2 Å². The highest BCUT2D eigenvalue weighted by Crippen LogP contribution is 2.77. The van der Waals surface area contributed by atoms with Crippen LogP contribution in [0.5, 0.6) is 0 Å². The topological polar surface area (TPSA) is 9.23 Å². The van der Waals surface area contributed by atoms with Gasteiger partial charge in [-0.05, 0) is 121 Å². The highest BCUT2D eigenvalue weighted by Gasteiger charge is 2.69. The standard InChI is InChI=1S/C35H60O/c1-24(2)15-22-36-29-14-12-26-25(31(29,5)6)11-13-27-33(26,8)19-21-35(10)28-23-30(3,4)16-17-32(28,7)18-20-34(27,35)9/h11,24,26-29H,12-23H2,1-10H3/t26-,27+,28-,29-,32-,33+,34-,35+/m1/s1. The van der Waals surface area contributed by atoms with E-state index >= 15 is 0 Å². The first-order chi connectivity index (χ1) is 16.6. The molecule has 4 fully saturated rings. The van der Waals surface area contributed by atoms with Crippen LogP contribution in [-0.4, -0.2) is 12.7 Å². The lowest BCUT2D eigenvalue weighted by Gasteiger charge is -2.73. The number of fused-ring (bicyclic) bond motifs is 7. The van der Waals surface area contributed by atoms with Crippen molar-refractivity contribution >= 4 is 0 Å². The minimum absolute atomic E-state index is 0.175. The molecule has 5 aliphatic rings. The minimum atomic E-state index is 0.175. The second-order valence-corrected chi connectivity index (χ2v) is 17.3. The van der Waals surface area contributed by atoms with Crippen molar-refractivity contribution in [3.8, 4) is 0 Å². The fourth-order valence-corrected chi connectivity index (χ4v) is 11.2. The molecule has 206 valence electrons. The van der Waals surface area contributed by atoms with Crippen LogP contribution in [0.1, 0.15) is 140 Å². The van der Waals surface area contributed by atoms with Gasteiger partial charge in [-0.25, -0.2) is 0 Å². The Morgan fingerprint density at radius 1 is 0.806 bits per heavy atom. The summed E-state index contributed by atoms with van der Waals surface area (Å²) < 4.78 is 6.60. The third-order valence-corrected chi connectivity index (χ3v) is 14.0. The molecule has 0 aliphatic heterocycles. The number of rotatable bonds is 4. The Balaban J connectivity index is 1.45. The van der Waals surface area contributed by atoms with Gasteiger partial charge in [0.05, 0.1) is 6.10 Å². The molecule has 0 aromatic heterocycles. The van der Waals surface area contributed by atoms with E-state index in [9.17, 15) is 0 Å². The number of hydrogen-bond donors (Lipinski definition) is 0. The minimum Gasteiger partial charge on any atom is -0.377 e. The van der Waals surface area contributed by atoms with Crippen LogP contribution < -0.4 is 0 Å². The molecule has 5 aliphatic carbocycles. The average molecular weight is 497 g/mol. The number of allylic oxidation sites excluding steroid dienone is 1. The lowest BCUT2D eigenvalue weighted by atomic mass is 9.31. The Hall–Kier alpha value is -0.300. The van der Waals surface area contributed by atoms with E-state index in [0.717, 1.165) is 30.3 Å². The van der Waals surface area contributed by atoms with Gasteiger partial charge in [-0.3, -0.25) is 0 Å². The van der Waals surface area contributed by atoms with Crippen molar-refractivity contribution in [1.29, 1.82) is 0 Å². The summed E-state index contributed by atoms with van der Waals surface area (Å²) in [7, 11) is 0. The third-order valence-electron chi connectivity index (χ3n) is 14.0. The van der Waals surface area contributed by atoms with Gasteiger partial charge in [-0.1, -0.05) is 80.9 Å². The van der Waals surface area contributed by atoms with Gasteiger partial charge in [0, 0.05) is 12.0 Å². The van der Waals surface area contributed by atoms with E-state index in [1.165, 1.54) is 70.6 Å². The highest BCUT2D eigenvalue weighted by molar-refractivity contribution is 5.30. The van der Waals surface area contributed by atoms with Crippen LogP contribution in [0.25, 0.3) is 0 Å². The van der Waals surface area contributed by atoms with Gasteiger partial charge >= 0.3 is 0 Å². The molecule has 0 saturated heterocycles. The Labute approximate surface area is 225 Å². The molecule has 8 atom stereocenters. The predicted molar refractivity (Wildman–Crippen MR) is 154 cm³/mol. The van der Waals surface area contributed by atoms with Crippen molar-refractivity contribution in [3.05, 3.63) is 11.6 Å². The van der Waals surface area contributed by atoms with E-state index in [1.54, 1.807) is 5.57 Å². The maximum absolute atomic E-state index is 6.60. The van der Waals surface area contributed by atoms with E-state index in [1.807, 2.05) is 0 Å². The maximum Gasteiger partial charge on any atom is 0.0663 e. The lowest BCUT2D eigenvalue weighted by Crippen LogP contribution is -2.65. The van der Waals surface area contributed by atoms with Gasteiger partial charge in [-0.15, -0.1) is 0 Å². The van der Waals surface area contributed by atoms with Gasteiger partial charge < -0.3 is 4.74 Å². The van der Waals surface area contributed by atoms with Gasteiger partial charge in [0.2, 0.25) is 0 Å². The average Bonchev–Trinajstić information content (AvgIpc) is 2.78. The van der Waals surface area contributed by atoms with Crippen molar-refractivity contribution < 1.29 is 4.74 Å². The summed E-state index contributed by atoms with van der Waals surface area (Å²) in [5.74, 6) is 3.21. The molecule has 5 rings (SSSR count). The smallest absolute Gasteiger partial charge is 0.0663 e. The van der Waals surface area contributed by atoms with Crippen LogP contribution in [0.15, 0.2) is 11.6 Å². The van der Waals surface area contributed by atoms with E-state index in [-0.39, 0.29) is 5.41 Å². The normalized spacial score (nSPS) is 49.4. The zero-order valence-corrected chi connectivity index (χ0v) is 25.9. The molecule has 0 spiro atoms. The predicted octanol–water partition coefficient (Wildman–Crippen LogP) is 10.2. The summed E-state index contributed by atoms with van der Waals surface area (Å²) in [6.07, 6.45) is 18.4. The summed E-state index contributed by atoms with van der Waals surface area (Å²) in [6.45, 7) is 26.7.